The second-order valence-corrected chi connectivity index (χ2v) is 19.7. The maximum atomic E-state index is 11.0. The van der Waals surface area contributed by atoms with Crippen molar-refractivity contribution in [3.63, 3.8) is 0 Å². The summed E-state index contributed by atoms with van der Waals surface area (Å²) in [5.74, 6) is 0. The van der Waals surface area contributed by atoms with Crippen LogP contribution in [0.5, 0.6) is 0 Å². The third-order valence-corrected chi connectivity index (χ3v) is 15.8. The van der Waals surface area contributed by atoms with E-state index >= 15 is 0 Å². The quantitative estimate of drug-likeness (QED) is 0.164. The highest BCUT2D eigenvalue weighted by Crippen LogP contribution is 2.48. The molecular weight excluding hydrogens is 937 g/mol. The molecule has 8 nitrogen and oxygen atoms in total. The molecule has 0 bridgehead atoms. The van der Waals surface area contributed by atoms with E-state index in [9.17, 15) is 5.26 Å². The van der Waals surface area contributed by atoms with Crippen LogP contribution in [0.2, 0.25) is 0 Å². The summed E-state index contributed by atoms with van der Waals surface area (Å²) in [6.45, 7) is 9.16. The van der Waals surface area contributed by atoms with Gasteiger partial charge in [-0.1, -0.05) is 97.1 Å². The van der Waals surface area contributed by atoms with Gasteiger partial charge in [0.1, 0.15) is 44.7 Å². The van der Waals surface area contributed by atoms with Gasteiger partial charge in [-0.2, -0.15) is 5.26 Å². The Balaban J connectivity index is 0.934. The number of hydrogen-bond donors (Lipinski definition) is 0. The molecule has 0 fully saturated rings. The Hall–Kier alpha value is -10.8. The third kappa shape index (κ3) is 5.48. The maximum absolute atomic E-state index is 11.0. The van der Waals surface area contributed by atoms with Crippen molar-refractivity contribution < 1.29 is 17.7 Å². The van der Waals surface area contributed by atoms with Crippen LogP contribution in [-0.4, -0.2) is 9.13 Å². The minimum atomic E-state index is 0.379. The van der Waals surface area contributed by atoms with Gasteiger partial charge in [0.05, 0.1) is 62.4 Å². The molecule has 6 aromatic heterocycles. The molecule has 17 aromatic rings. The van der Waals surface area contributed by atoms with Gasteiger partial charge in [-0.3, -0.25) is 0 Å². The standard InChI is InChI=1S/C68H34N4O4/c1-70-66-56(71-52-26-20-38(40-18-22-46-42-10-2-6-14-58(42)73-62(46)34-40)32-50(52)64-54(71)28-24-48-44-12-4-8-16-60(44)75-67(48)64)30-37(36-69)31-57(66)72-53-27-21-39(41-19-23-47-43-11-3-7-15-59(43)74-63(47)35-41)33-51(53)65-55(72)29-25-49-45-13-5-9-17-61(45)76-68(49)65/h2-35H. The Kier molecular flexibility index (Phi) is 7.99. The Morgan fingerprint density at radius 3 is 1.13 bits per heavy atom. The molecule has 0 saturated carbocycles. The summed E-state index contributed by atoms with van der Waals surface area (Å²) in [6, 6.07) is 72.8. The van der Waals surface area contributed by atoms with Crippen LogP contribution in [0.3, 0.4) is 0 Å². The van der Waals surface area contributed by atoms with Gasteiger partial charge < -0.3 is 26.8 Å². The van der Waals surface area contributed by atoms with Crippen molar-refractivity contribution in [2.75, 3.05) is 0 Å². The first-order chi connectivity index (χ1) is 37.6. The summed E-state index contributed by atoms with van der Waals surface area (Å²) < 4.78 is 30.6. The highest BCUT2D eigenvalue weighted by Gasteiger charge is 2.27. The van der Waals surface area contributed by atoms with Crippen molar-refractivity contribution in [2.45, 2.75) is 0 Å². The summed E-state index contributed by atoms with van der Waals surface area (Å²) in [5, 5.41) is 23.0. The molecule has 0 unspecified atom stereocenters. The van der Waals surface area contributed by atoms with Gasteiger partial charge >= 0.3 is 0 Å². The molecule has 0 aliphatic rings. The van der Waals surface area contributed by atoms with E-state index in [4.69, 9.17) is 24.2 Å². The minimum Gasteiger partial charge on any atom is -0.456 e. The van der Waals surface area contributed by atoms with Crippen molar-refractivity contribution >= 4 is 137 Å². The fourth-order valence-electron chi connectivity index (χ4n) is 12.4. The Morgan fingerprint density at radius 1 is 0.342 bits per heavy atom. The van der Waals surface area contributed by atoms with Gasteiger partial charge in [0.15, 0.2) is 0 Å². The number of hydrogen-bond acceptors (Lipinski definition) is 5. The monoisotopic (exact) mass is 970 g/mol. The van der Waals surface area contributed by atoms with Crippen molar-refractivity contribution in [3.05, 3.63) is 223 Å². The first kappa shape index (κ1) is 40.8. The number of fused-ring (bicyclic) bond motifs is 20. The molecule has 0 spiro atoms. The summed E-state index contributed by atoms with van der Waals surface area (Å²) in [6.07, 6.45) is 0. The van der Waals surface area contributed by atoms with E-state index < -0.39 is 0 Å². The first-order valence-electron chi connectivity index (χ1n) is 25.1. The second-order valence-electron chi connectivity index (χ2n) is 19.7. The molecule has 0 aliphatic heterocycles. The molecule has 11 aromatic carbocycles. The van der Waals surface area contributed by atoms with Crippen LogP contribution >= 0.6 is 0 Å². The zero-order valence-electron chi connectivity index (χ0n) is 40.1. The molecule has 0 saturated heterocycles. The van der Waals surface area contributed by atoms with Crippen LogP contribution in [0.15, 0.2) is 224 Å². The van der Waals surface area contributed by atoms with Gasteiger partial charge in [0.2, 0.25) is 5.69 Å². The minimum absolute atomic E-state index is 0.379. The summed E-state index contributed by atoms with van der Waals surface area (Å²) in [4.78, 5) is 4.43. The molecule has 17 rings (SSSR count). The smallest absolute Gasteiger partial charge is 0.234 e. The lowest BCUT2D eigenvalue weighted by atomic mass is 10.0. The van der Waals surface area contributed by atoms with E-state index in [1.54, 1.807) is 0 Å². The van der Waals surface area contributed by atoms with Gasteiger partial charge in [0, 0.05) is 53.9 Å². The van der Waals surface area contributed by atoms with Crippen molar-refractivity contribution in [1.29, 1.82) is 5.26 Å². The van der Waals surface area contributed by atoms with E-state index in [0.717, 1.165) is 154 Å². The third-order valence-electron chi connectivity index (χ3n) is 15.8. The van der Waals surface area contributed by atoms with Gasteiger partial charge in [-0.25, -0.2) is 4.85 Å². The second kappa shape index (κ2) is 14.9. The Bertz CT molecular complexity index is 5200. The predicted molar refractivity (Wildman–Crippen MR) is 306 cm³/mol. The highest BCUT2D eigenvalue weighted by molar-refractivity contribution is 6.26. The predicted octanol–water partition coefficient (Wildman–Crippen LogP) is 19.2. The fourth-order valence-corrected chi connectivity index (χ4v) is 12.4. The average molecular weight is 971 g/mol. The molecule has 8 heteroatoms. The Morgan fingerprint density at radius 2 is 0.697 bits per heavy atom. The van der Waals surface area contributed by atoms with Crippen LogP contribution in [0, 0.1) is 17.9 Å². The number of furan rings is 4. The largest absolute Gasteiger partial charge is 0.456 e. The van der Waals surface area contributed by atoms with E-state index in [2.05, 4.69) is 141 Å². The molecule has 0 aliphatic carbocycles. The van der Waals surface area contributed by atoms with Gasteiger partial charge in [0.25, 0.3) is 0 Å². The average Bonchev–Trinajstić information content (AvgIpc) is 4.33. The van der Waals surface area contributed by atoms with Crippen molar-refractivity contribution in [3.8, 4) is 39.7 Å². The lowest BCUT2D eigenvalue weighted by molar-refractivity contribution is 0.668. The van der Waals surface area contributed by atoms with E-state index in [0.29, 0.717) is 22.6 Å². The SMILES string of the molecule is [C-]#[N+]c1c(-n2c3ccc(-c4ccc5c(c4)oc4ccccc45)cc3c3c4oc5ccccc5c4ccc32)cc(C#N)cc1-n1c2ccc(-c3ccc4c(c3)oc3ccccc34)cc2c2c3oc4ccccc4c3ccc21. The van der Waals surface area contributed by atoms with Crippen LogP contribution in [0.1, 0.15) is 5.56 Å². The summed E-state index contributed by atoms with van der Waals surface area (Å²) >= 11 is 0. The molecule has 0 radical (unpaired) electrons. The lowest BCUT2D eigenvalue weighted by Gasteiger charge is -2.17. The molecule has 76 heavy (non-hydrogen) atoms. The summed E-state index contributed by atoms with van der Waals surface area (Å²) in [5.41, 5.74) is 15.8. The number of benzene rings is 11. The zero-order valence-corrected chi connectivity index (χ0v) is 40.1. The number of nitriles is 1. The van der Waals surface area contributed by atoms with Crippen molar-refractivity contribution in [2.24, 2.45) is 0 Å². The normalized spacial score (nSPS) is 12.2. The molecule has 6 heterocycles. The van der Waals surface area contributed by atoms with E-state index in [1.165, 1.54) is 0 Å². The lowest BCUT2D eigenvalue weighted by Crippen LogP contribution is -2.01. The molecule has 0 atom stereocenters. The molecule has 0 N–H and O–H groups in total. The van der Waals surface area contributed by atoms with E-state index in [-0.39, 0.29) is 0 Å². The number of rotatable bonds is 4. The highest BCUT2D eigenvalue weighted by atomic mass is 16.3. The number of para-hydroxylation sites is 4. The van der Waals surface area contributed by atoms with Gasteiger partial charge in [-0.05, 0) is 131 Å². The fraction of sp³-hybridized carbons (Fsp3) is 0. The van der Waals surface area contributed by atoms with Crippen LogP contribution in [-0.2, 0) is 0 Å². The molecule has 0 amide bonds. The zero-order chi connectivity index (χ0) is 49.9. The number of aromatic nitrogens is 2. The maximum Gasteiger partial charge on any atom is 0.234 e. The van der Waals surface area contributed by atoms with Crippen LogP contribution in [0.4, 0.5) is 5.69 Å². The summed E-state index contributed by atoms with van der Waals surface area (Å²) in [7, 11) is 0. The molecule has 350 valence electrons. The van der Waals surface area contributed by atoms with Gasteiger partial charge in [-0.15, -0.1) is 0 Å². The van der Waals surface area contributed by atoms with Crippen molar-refractivity contribution in [1.82, 2.24) is 9.13 Å². The van der Waals surface area contributed by atoms with E-state index in [1.807, 2.05) is 84.9 Å². The number of nitrogens with zero attached hydrogens (tertiary/aromatic N) is 4. The Labute approximate surface area is 430 Å². The van der Waals surface area contributed by atoms with Crippen LogP contribution in [0.25, 0.3) is 170 Å². The first-order valence-corrected chi connectivity index (χ1v) is 25.1. The molecular formula is C68H34N4O4. The topological polar surface area (TPSA) is 90.6 Å². The van der Waals surface area contributed by atoms with Crippen LogP contribution < -0.4 is 0 Å².